The van der Waals surface area contributed by atoms with Crippen LogP contribution >= 0.6 is 0 Å². The second-order valence-electron chi connectivity index (χ2n) is 5.13. The fraction of sp³-hybridized carbons (Fsp3) is 0.500. The highest BCUT2D eigenvalue weighted by molar-refractivity contribution is 6.08. The lowest BCUT2D eigenvalue weighted by atomic mass is 9.99. The average molecular weight is 293 g/mol. The van der Waals surface area contributed by atoms with Gasteiger partial charge in [0.2, 0.25) is 5.91 Å². The van der Waals surface area contributed by atoms with Crippen molar-refractivity contribution in [2.24, 2.45) is 0 Å². The molecule has 2 rings (SSSR count). The molecule has 7 nitrogen and oxygen atoms in total. The zero-order valence-corrected chi connectivity index (χ0v) is 12.1. The van der Waals surface area contributed by atoms with Crippen molar-refractivity contribution in [3.63, 3.8) is 0 Å². The van der Waals surface area contributed by atoms with Crippen molar-refractivity contribution in [2.75, 3.05) is 13.1 Å². The highest BCUT2D eigenvalue weighted by Crippen LogP contribution is 2.28. The molecular weight excluding hydrogens is 274 g/mol. The summed E-state index contributed by atoms with van der Waals surface area (Å²) in [7, 11) is 0. The van der Waals surface area contributed by atoms with Crippen LogP contribution in [-0.4, -0.2) is 35.8 Å². The van der Waals surface area contributed by atoms with E-state index in [-0.39, 0.29) is 12.5 Å². The zero-order chi connectivity index (χ0) is 15.5. The van der Waals surface area contributed by atoms with Crippen LogP contribution in [-0.2, 0) is 15.1 Å². The molecule has 21 heavy (non-hydrogen) atoms. The second kappa shape index (κ2) is 5.99. The normalized spacial score (nSPS) is 21.5. The Hall–Kier alpha value is -2.31. The van der Waals surface area contributed by atoms with Crippen molar-refractivity contribution in [1.82, 2.24) is 15.5 Å². The van der Waals surface area contributed by atoms with Gasteiger partial charge in [-0.25, -0.2) is 4.79 Å². The summed E-state index contributed by atoms with van der Waals surface area (Å²) in [6.07, 6.45) is 3.25. The first-order valence-electron chi connectivity index (χ1n) is 6.94. The number of urea groups is 1. The van der Waals surface area contributed by atoms with Crippen molar-refractivity contribution in [3.8, 4) is 0 Å². The van der Waals surface area contributed by atoms with Crippen molar-refractivity contribution in [3.05, 3.63) is 24.2 Å². The first-order chi connectivity index (χ1) is 9.99. The number of carbonyl (C=O) groups excluding carboxylic acids is 3. The van der Waals surface area contributed by atoms with Crippen LogP contribution in [0.4, 0.5) is 4.79 Å². The molecule has 0 unspecified atom stereocenters. The maximum absolute atomic E-state index is 12.4. The van der Waals surface area contributed by atoms with Gasteiger partial charge in [0.1, 0.15) is 12.3 Å². The van der Waals surface area contributed by atoms with Crippen LogP contribution in [0.15, 0.2) is 22.8 Å². The van der Waals surface area contributed by atoms with Crippen LogP contribution in [0.1, 0.15) is 32.4 Å². The molecule has 1 aliphatic heterocycles. The molecule has 1 aromatic rings. The molecule has 0 aromatic carbocycles. The highest BCUT2D eigenvalue weighted by atomic mass is 16.3. The van der Waals surface area contributed by atoms with E-state index in [1.807, 2.05) is 6.92 Å². The zero-order valence-electron chi connectivity index (χ0n) is 12.1. The summed E-state index contributed by atoms with van der Waals surface area (Å²) in [5.74, 6) is -0.501. The maximum atomic E-state index is 12.4. The third-order valence-corrected chi connectivity index (χ3v) is 3.44. The summed E-state index contributed by atoms with van der Waals surface area (Å²) in [5.41, 5.74) is -1.26. The fourth-order valence-corrected chi connectivity index (χ4v) is 2.17. The third-order valence-electron chi connectivity index (χ3n) is 3.44. The largest absolute Gasteiger partial charge is 0.466 e. The Balaban J connectivity index is 2.04. The number of furan rings is 1. The maximum Gasteiger partial charge on any atom is 0.325 e. The van der Waals surface area contributed by atoms with E-state index in [1.54, 1.807) is 19.1 Å². The van der Waals surface area contributed by atoms with E-state index in [4.69, 9.17) is 4.42 Å². The Labute approximate surface area is 122 Å². The molecule has 0 radical (unpaired) electrons. The first-order valence-corrected chi connectivity index (χ1v) is 6.94. The van der Waals surface area contributed by atoms with Gasteiger partial charge in [0.05, 0.1) is 6.26 Å². The highest BCUT2D eigenvalue weighted by Gasteiger charge is 2.51. The van der Waals surface area contributed by atoms with Gasteiger partial charge in [-0.15, -0.1) is 0 Å². The number of amides is 4. The number of rotatable bonds is 6. The molecule has 0 aliphatic carbocycles. The Morgan fingerprint density at radius 3 is 2.86 bits per heavy atom. The molecule has 1 aliphatic rings. The Morgan fingerprint density at radius 1 is 1.48 bits per heavy atom. The summed E-state index contributed by atoms with van der Waals surface area (Å²) < 4.78 is 5.21. The molecule has 114 valence electrons. The van der Waals surface area contributed by atoms with E-state index in [0.29, 0.717) is 12.3 Å². The van der Waals surface area contributed by atoms with Crippen molar-refractivity contribution in [2.45, 2.75) is 32.2 Å². The smallest absolute Gasteiger partial charge is 0.325 e. The van der Waals surface area contributed by atoms with E-state index in [2.05, 4.69) is 10.6 Å². The molecule has 1 fully saturated rings. The summed E-state index contributed by atoms with van der Waals surface area (Å²) in [6, 6.07) is 2.66. The first kappa shape index (κ1) is 15.1. The van der Waals surface area contributed by atoms with Crippen LogP contribution < -0.4 is 10.6 Å². The topological polar surface area (TPSA) is 91.7 Å². The van der Waals surface area contributed by atoms with Crippen LogP contribution in [0.3, 0.4) is 0 Å². The monoisotopic (exact) mass is 293 g/mol. The summed E-state index contributed by atoms with van der Waals surface area (Å²) in [5, 5.41) is 5.25. The minimum atomic E-state index is -1.26. The van der Waals surface area contributed by atoms with Gasteiger partial charge in [0.25, 0.3) is 5.91 Å². The quantitative estimate of drug-likeness (QED) is 0.603. The van der Waals surface area contributed by atoms with Gasteiger partial charge in [-0.2, -0.15) is 0 Å². The van der Waals surface area contributed by atoms with Gasteiger partial charge >= 0.3 is 6.03 Å². The summed E-state index contributed by atoms with van der Waals surface area (Å²) in [4.78, 5) is 37.0. The van der Waals surface area contributed by atoms with Gasteiger partial charge in [-0.3, -0.25) is 14.5 Å². The molecule has 1 atom stereocenters. The van der Waals surface area contributed by atoms with Gasteiger partial charge in [-0.05, 0) is 25.5 Å². The lowest BCUT2D eigenvalue weighted by Gasteiger charge is -2.18. The molecule has 4 amide bonds. The van der Waals surface area contributed by atoms with E-state index in [1.165, 1.54) is 6.26 Å². The summed E-state index contributed by atoms with van der Waals surface area (Å²) in [6.45, 7) is 3.82. The van der Waals surface area contributed by atoms with Crippen LogP contribution in [0.2, 0.25) is 0 Å². The Bertz CT molecular complexity index is 540. The van der Waals surface area contributed by atoms with Crippen LogP contribution in [0.25, 0.3) is 0 Å². The molecule has 1 saturated heterocycles. The van der Waals surface area contributed by atoms with Crippen molar-refractivity contribution in [1.29, 1.82) is 0 Å². The molecule has 2 heterocycles. The SMILES string of the molecule is CCCCNC(=O)CN1C(=O)N[C@@](C)(c2ccco2)C1=O. The molecular formula is C14H19N3O4. The molecule has 1 aromatic heterocycles. The van der Waals surface area contributed by atoms with Gasteiger partial charge in [-0.1, -0.05) is 13.3 Å². The number of hydrogen-bond acceptors (Lipinski definition) is 4. The number of hydrogen-bond donors (Lipinski definition) is 2. The number of nitrogens with one attached hydrogen (secondary N) is 2. The number of imide groups is 1. The summed E-state index contributed by atoms with van der Waals surface area (Å²) >= 11 is 0. The van der Waals surface area contributed by atoms with Crippen molar-refractivity contribution < 1.29 is 18.8 Å². The van der Waals surface area contributed by atoms with Gasteiger partial charge in [0, 0.05) is 6.54 Å². The predicted octanol–water partition coefficient (Wildman–Crippen LogP) is 0.963. The second-order valence-corrected chi connectivity index (χ2v) is 5.13. The van der Waals surface area contributed by atoms with Crippen LogP contribution in [0, 0.1) is 0 Å². The Morgan fingerprint density at radius 2 is 2.24 bits per heavy atom. The predicted molar refractivity (Wildman–Crippen MR) is 74.2 cm³/mol. The van der Waals surface area contributed by atoms with Crippen molar-refractivity contribution >= 4 is 17.8 Å². The average Bonchev–Trinajstić information content (AvgIpc) is 3.04. The minimum Gasteiger partial charge on any atom is -0.466 e. The standard InChI is InChI=1S/C14H19N3O4/c1-3-4-7-15-11(18)9-17-12(19)14(2,16-13(17)20)10-6-5-8-21-10/h5-6,8H,3-4,7,9H2,1-2H3,(H,15,18)(H,16,20)/t14-/m0/s1. The number of unbranched alkanes of at least 4 members (excludes halogenated alkanes) is 1. The Kier molecular flexibility index (Phi) is 4.30. The lowest BCUT2D eigenvalue weighted by Crippen LogP contribution is -2.43. The molecule has 0 bridgehead atoms. The number of carbonyl (C=O) groups is 3. The molecule has 7 heteroatoms. The minimum absolute atomic E-state index is 0.287. The van der Waals surface area contributed by atoms with Gasteiger partial charge in [0.15, 0.2) is 5.54 Å². The third kappa shape index (κ3) is 2.91. The number of nitrogens with zero attached hydrogens (tertiary/aromatic N) is 1. The van der Waals surface area contributed by atoms with Crippen LogP contribution in [0.5, 0.6) is 0 Å². The molecule has 0 saturated carbocycles. The van der Waals surface area contributed by atoms with E-state index >= 15 is 0 Å². The fourth-order valence-electron chi connectivity index (χ4n) is 2.17. The van der Waals surface area contributed by atoms with E-state index < -0.39 is 17.5 Å². The molecule has 2 N–H and O–H groups in total. The van der Waals surface area contributed by atoms with Gasteiger partial charge < -0.3 is 15.1 Å². The lowest BCUT2D eigenvalue weighted by molar-refractivity contribution is -0.135. The van der Waals surface area contributed by atoms with E-state index in [9.17, 15) is 14.4 Å². The molecule has 0 spiro atoms. The van der Waals surface area contributed by atoms with E-state index in [0.717, 1.165) is 17.7 Å².